The lowest BCUT2D eigenvalue weighted by Gasteiger charge is -2.19. The van der Waals surface area contributed by atoms with Crippen molar-refractivity contribution in [2.45, 2.75) is 58.4 Å². The van der Waals surface area contributed by atoms with Gasteiger partial charge in [0, 0.05) is 42.8 Å². The number of sulfone groups is 1. The van der Waals surface area contributed by atoms with Crippen molar-refractivity contribution in [2.24, 2.45) is 0 Å². The number of nitrogens with one attached hydrogen (secondary N) is 2. The van der Waals surface area contributed by atoms with Gasteiger partial charge < -0.3 is 20.1 Å². The Morgan fingerprint density at radius 2 is 1.50 bits per heavy atom. The van der Waals surface area contributed by atoms with Gasteiger partial charge in [0.25, 0.3) is 0 Å². The predicted octanol–water partition coefficient (Wildman–Crippen LogP) is 6.18. The van der Waals surface area contributed by atoms with Crippen LogP contribution in [0.15, 0.2) is 48.5 Å². The third kappa shape index (κ3) is 9.90. The molecule has 0 fully saturated rings. The largest absolute Gasteiger partial charge is 0.497 e. The molecule has 2 aromatic carbocycles. The van der Waals surface area contributed by atoms with Crippen LogP contribution in [0.4, 0.5) is 17.2 Å². The van der Waals surface area contributed by atoms with Gasteiger partial charge in [-0.15, -0.1) is 0 Å². The summed E-state index contributed by atoms with van der Waals surface area (Å²) >= 11 is 0. The van der Waals surface area contributed by atoms with E-state index in [0.29, 0.717) is 44.5 Å². The lowest BCUT2D eigenvalue weighted by molar-refractivity contribution is -0.383. The monoisotopic (exact) mass is 598 g/mol. The van der Waals surface area contributed by atoms with Gasteiger partial charge in [-0.3, -0.25) is 10.1 Å². The van der Waals surface area contributed by atoms with Crippen LogP contribution >= 0.6 is 0 Å². The molecule has 0 aliphatic rings. The lowest BCUT2D eigenvalue weighted by Crippen LogP contribution is -2.15. The normalized spacial score (nSPS) is 11.2. The highest BCUT2D eigenvalue weighted by atomic mass is 32.2. The Hall–Kier alpha value is -3.86. The van der Waals surface area contributed by atoms with Crippen molar-refractivity contribution in [3.63, 3.8) is 0 Å². The Labute approximate surface area is 248 Å². The first kappa shape index (κ1) is 32.7. The molecule has 3 rings (SSSR count). The second-order valence-corrected chi connectivity index (χ2v) is 12.6. The third-order valence-electron chi connectivity index (χ3n) is 6.96. The van der Waals surface area contributed by atoms with Crippen LogP contribution in [0.2, 0.25) is 0 Å². The molecule has 0 atom stereocenters. The maximum atomic E-state index is 12.6. The molecule has 0 saturated heterocycles. The zero-order chi connectivity index (χ0) is 30.5. The number of aromatic nitrogens is 1. The molecule has 3 aromatic rings. The van der Waals surface area contributed by atoms with Gasteiger partial charge in [0.1, 0.15) is 27.0 Å². The van der Waals surface area contributed by atoms with E-state index in [-0.39, 0.29) is 17.3 Å². The average Bonchev–Trinajstić information content (AvgIpc) is 2.97. The van der Waals surface area contributed by atoms with E-state index in [4.69, 9.17) is 14.5 Å². The molecule has 2 N–H and O–H groups in total. The van der Waals surface area contributed by atoms with Crippen molar-refractivity contribution >= 4 is 27.0 Å². The van der Waals surface area contributed by atoms with Crippen LogP contribution in [-0.4, -0.2) is 51.1 Å². The molecule has 0 bridgehead atoms. The molecule has 10 nitrogen and oxygen atoms in total. The number of nitro groups is 1. The Kier molecular flexibility index (Phi) is 12.4. The van der Waals surface area contributed by atoms with Gasteiger partial charge in [-0.1, -0.05) is 44.0 Å². The van der Waals surface area contributed by atoms with Crippen LogP contribution in [0.3, 0.4) is 0 Å². The minimum Gasteiger partial charge on any atom is -0.497 e. The van der Waals surface area contributed by atoms with Gasteiger partial charge in [-0.05, 0) is 61.1 Å². The summed E-state index contributed by atoms with van der Waals surface area (Å²) in [6.07, 6.45) is 6.31. The molecule has 228 valence electrons. The molecular formula is C31H42N4O6S. The first-order chi connectivity index (χ1) is 20.1. The minimum atomic E-state index is -3.08. The molecule has 0 spiro atoms. The standard InChI is InChI=1S/C31H42N4O6S/c1-5-6-7-10-28-27(21-23-11-15-25(40-2)16-12-23)29(32-19-8-9-20-42(4,38)39)30(35(36)37)31(34-28)33-22-24-13-17-26(41-3)18-14-24/h11-18H,5-10,19-22H2,1-4H3,(H2,32,33,34). The second-order valence-electron chi connectivity index (χ2n) is 10.3. The van der Waals surface area contributed by atoms with Gasteiger partial charge in [0.15, 0.2) is 0 Å². The van der Waals surface area contributed by atoms with Crippen LogP contribution in [-0.2, 0) is 29.2 Å². The fourth-order valence-electron chi connectivity index (χ4n) is 4.67. The van der Waals surface area contributed by atoms with Crippen LogP contribution < -0.4 is 20.1 Å². The first-order valence-corrected chi connectivity index (χ1v) is 16.3. The van der Waals surface area contributed by atoms with E-state index in [0.717, 1.165) is 53.1 Å². The van der Waals surface area contributed by atoms with E-state index in [1.807, 2.05) is 48.5 Å². The van der Waals surface area contributed by atoms with Gasteiger partial charge in [-0.25, -0.2) is 13.4 Å². The third-order valence-corrected chi connectivity index (χ3v) is 7.99. The summed E-state index contributed by atoms with van der Waals surface area (Å²) < 4.78 is 33.8. The Morgan fingerprint density at radius 1 is 0.881 bits per heavy atom. The van der Waals surface area contributed by atoms with Crippen molar-refractivity contribution in [1.29, 1.82) is 0 Å². The summed E-state index contributed by atoms with van der Waals surface area (Å²) in [6.45, 7) is 2.87. The van der Waals surface area contributed by atoms with Gasteiger partial charge in [0.2, 0.25) is 5.82 Å². The highest BCUT2D eigenvalue weighted by molar-refractivity contribution is 7.90. The fourth-order valence-corrected chi connectivity index (χ4v) is 5.40. The summed E-state index contributed by atoms with van der Waals surface area (Å²) in [6, 6.07) is 15.1. The zero-order valence-electron chi connectivity index (χ0n) is 24.9. The molecule has 42 heavy (non-hydrogen) atoms. The van der Waals surface area contributed by atoms with Gasteiger partial charge in [0.05, 0.1) is 19.1 Å². The second kappa shape index (κ2) is 16.0. The molecular weight excluding hydrogens is 556 g/mol. The van der Waals surface area contributed by atoms with Crippen molar-refractivity contribution in [1.82, 2.24) is 4.98 Å². The smallest absolute Gasteiger partial charge is 0.334 e. The summed E-state index contributed by atoms with van der Waals surface area (Å²) in [5.74, 6) is 1.74. The van der Waals surface area contributed by atoms with Crippen molar-refractivity contribution in [3.05, 3.63) is 81.0 Å². The van der Waals surface area contributed by atoms with Crippen LogP contribution in [0.5, 0.6) is 11.5 Å². The quantitative estimate of drug-likeness (QED) is 0.100. The average molecular weight is 599 g/mol. The Balaban J connectivity index is 2.04. The van der Waals surface area contributed by atoms with E-state index in [1.54, 1.807) is 14.2 Å². The van der Waals surface area contributed by atoms with Gasteiger partial charge >= 0.3 is 5.69 Å². The molecule has 1 heterocycles. The molecule has 0 aliphatic heterocycles. The van der Waals surface area contributed by atoms with E-state index < -0.39 is 14.8 Å². The van der Waals surface area contributed by atoms with E-state index in [1.165, 1.54) is 6.26 Å². The number of nitrogens with zero attached hydrogens (tertiary/aromatic N) is 2. The number of pyridine rings is 1. The van der Waals surface area contributed by atoms with Crippen LogP contribution in [0, 0.1) is 10.1 Å². The van der Waals surface area contributed by atoms with E-state index in [9.17, 15) is 18.5 Å². The molecule has 0 unspecified atom stereocenters. The summed E-state index contributed by atoms with van der Waals surface area (Å²) in [5.41, 5.74) is 3.80. The van der Waals surface area contributed by atoms with Crippen molar-refractivity contribution in [3.8, 4) is 11.5 Å². The summed E-state index contributed by atoms with van der Waals surface area (Å²) in [4.78, 5) is 17.1. The Bertz CT molecular complexity index is 1410. The Morgan fingerprint density at radius 3 is 2.05 bits per heavy atom. The molecule has 0 aliphatic carbocycles. The molecule has 11 heteroatoms. The highest BCUT2D eigenvalue weighted by Crippen LogP contribution is 2.38. The maximum Gasteiger partial charge on any atom is 0.334 e. The van der Waals surface area contributed by atoms with Crippen LogP contribution in [0.25, 0.3) is 0 Å². The predicted molar refractivity (Wildman–Crippen MR) is 168 cm³/mol. The number of hydrogen-bond acceptors (Lipinski definition) is 9. The lowest BCUT2D eigenvalue weighted by atomic mass is 9.97. The number of anilines is 2. The minimum absolute atomic E-state index is 0.0722. The van der Waals surface area contributed by atoms with Crippen molar-refractivity contribution in [2.75, 3.05) is 43.4 Å². The van der Waals surface area contributed by atoms with Crippen molar-refractivity contribution < 1.29 is 22.8 Å². The van der Waals surface area contributed by atoms with E-state index in [2.05, 4.69) is 17.6 Å². The number of aryl methyl sites for hydroxylation is 1. The molecule has 0 amide bonds. The molecule has 1 aromatic heterocycles. The maximum absolute atomic E-state index is 12.6. The van der Waals surface area contributed by atoms with Gasteiger partial charge in [-0.2, -0.15) is 0 Å². The number of unbranched alkanes of at least 4 members (excludes halogenated alkanes) is 3. The fraction of sp³-hybridized carbons (Fsp3) is 0.452. The zero-order valence-corrected chi connectivity index (χ0v) is 25.8. The van der Waals surface area contributed by atoms with E-state index >= 15 is 0 Å². The van der Waals surface area contributed by atoms with Crippen LogP contribution in [0.1, 0.15) is 61.4 Å². The number of ether oxygens (including phenoxy) is 2. The number of methoxy groups -OCH3 is 2. The summed E-state index contributed by atoms with van der Waals surface area (Å²) in [7, 11) is 0.126. The number of hydrogen-bond donors (Lipinski definition) is 2. The molecule has 0 saturated carbocycles. The first-order valence-electron chi connectivity index (χ1n) is 14.3. The SMILES string of the molecule is CCCCCc1nc(NCc2ccc(OC)cc2)c([N+](=O)[O-])c(NCCCCS(C)(=O)=O)c1Cc1ccc(OC)cc1. The highest BCUT2D eigenvalue weighted by Gasteiger charge is 2.28. The number of benzene rings is 2. The number of rotatable bonds is 18. The summed E-state index contributed by atoms with van der Waals surface area (Å²) in [5, 5.41) is 19.1. The molecule has 0 radical (unpaired) electrons. The topological polar surface area (TPSA) is 133 Å².